The van der Waals surface area contributed by atoms with Crippen molar-refractivity contribution in [1.82, 2.24) is 14.9 Å². The number of anilines is 1. The first kappa shape index (κ1) is 13.8. The van der Waals surface area contributed by atoms with E-state index in [0.29, 0.717) is 12.8 Å². The number of aromatic nitrogens is 2. The number of carbonyl (C=O) groups is 2. The zero-order chi connectivity index (χ0) is 16.0. The predicted molar refractivity (Wildman–Crippen MR) is 88.2 cm³/mol. The van der Waals surface area contributed by atoms with E-state index in [1.807, 2.05) is 48.0 Å². The third-order valence-corrected chi connectivity index (χ3v) is 4.33. The molecule has 2 aromatic heterocycles. The van der Waals surface area contributed by atoms with Crippen LogP contribution < -0.4 is 10.6 Å². The number of imide groups is 1. The lowest BCUT2D eigenvalue weighted by molar-refractivity contribution is -0.135. The number of fused-ring (bicyclic) bond motifs is 3. The number of pyridine rings is 1. The molecule has 0 saturated carbocycles. The van der Waals surface area contributed by atoms with Crippen LogP contribution in [0, 0.1) is 0 Å². The standard InChI is InChI=1S/C17H16N4O2/c1-18-14-8-6-11-10-4-2-3-5-12(10)21(16(11)19-14)13-7-9-15(22)20-17(13)23/h2-6,8,13H,7,9H2,1H3,(H,18,19)(H,20,22,23). The van der Waals surface area contributed by atoms with Gasteiger partial charge in [-0.2, -0.15) is 0 Å². The van der Waals surface area contributed by atoms with Crippen LogP contribution in [-0.2, 0) is 9.59 Å². The first-order valence-electron chi connectivity index (χ1n) is 7.60. The number of rotatable bonds is 2. The molecule has 0 radical (unpaired) electrons. The zero-order valence-electron chi connectivity index (χ0n) is 12.7. The Bertz CT molecular complexity index is 944. The summed E-state index contributed by atoms with van der Waals surface area (Å²) in [7, 11) is 1.81. The number of nitrogens with one attached hydrogen (secondary N) is 2. The highest BCUT2D eigenvalue weighted by molar-refractivity contribution is 6.09. The van der Waals surface area contributed by atoms with Gasteiger partial charge in [0.05, 0.1) is 5.52 Å². The van der Waals surface area contributed by atoms with Gasteiger partial charge in [-0.05, 0) is 24.6 Å². The van der Waals surface area contributed by atoms with Gasteiger partial charge < -0.3 is 9.88 Å². The molecule has 3 heterocycles. The van der Waals surface area contributed by atoms with Gasteiger partial charge in [0.2, 0.25) is 11.8 Å². The lowest BCUT2D eigenvalue weighted by atomic mass is 10.1. The lowest BCUT2D eigenvalue weighted by Crippen LogP contribution is -2.41. The van der Waals surface area contributed by atoms with E-state index in [-0.39, 0.29) is 11.8 Å². The van der Waals surface area contributed by atoms with E-state index in [0.717, 1.165) is 27.8 Å². The molecule has 1 aliphatic rings. The molecule has 0 aliphatic carbocycles. The molecular formula is C17H16N4O2. The molecule has 2 N–H and O–H groups in total. The fraction of sp³-hybridized carbons (Fsp3) is 0.235. The van der Waals surface area contributed by atoms with E-state index in [1.54, 1.807) is 0 Å². The third kappa shape index (κ3) is 2.06. The summed E-state index contributed by atoms with van der Waals surface area (Å²) in [6.45, 7) is 0. The Labute approximate surface area is 132 Å². The molecule has 1 saturated heterocycles. The van der Waals surface area contributed by atoms with Crippen molar-refractivity contribution in [2.75, 3.05) is 12.4 Å². The Morgan fingerprint density at radius 3 is 2.78 bits per heavy atom. The van der Waals surface area contributed by atoms with Crippen molar-refractivity contribution in [2.24, 2.45) is 0 Å². The minimum atomic E-state index is -0.422. The Balaban J connectivity index is 2.02. The second kappa shape index (κ2) is 5.08. The van der Waals surface area contributed by atoms with Gasteiger partial charge in [-0.3, -0.25) is 14.9 Å². The number of carbonyl (C=O) groups excluding carboxylic acids is 2. The molecule has 0 bridgehead atoms. The molecule has 4 rings (SSSR count). The SMILES string of the molecule is CNc1ccc2c3ccccc3n(C3CCC(=O)NC3=O)c2n1. The van der Waals surface area contributed by atoms with Crippen LogP contribution in [0.4, 0.5) is 5.82 Å². The van der Waals surface area contributed by atoms with Crippen LogP contribution in [0.15, 0.2) is 36.4 Å². The van der Waals surface area contributed by atoms with Crippen molar-refractivity contribution >= 4 is 39.6 Å². The van der Waals surface area contributed by atoms with Crippen molar-refractivity contribution in [3.8, 4) is 0 Å². The van der Waals surface area contributed by atoms with Crippen LogP contribution in [0.3, 0.4) is 0 Å². The van der Waals surface area contributed by atoms with Crippen molar-refractivity contribution in [3.63, 3.8) is 0 Å². The van der Waals surface area contributed by atoms with E-state index < -0.39 is 6.04 Å². The fourth-order valence-corrected chi connectivity index (χ4v) is 3.25. The summed E-state index contributed by atoms with van der Waals surface area (Å²) in [6, 6.07) is 11.4. The summed E-state index contributed by atoms with van der Waals surface area (Å²) in [5.41, 5.74) is 1.71. The summed E-state index contributed by atoms with van der Waals surface area (Å²) in [4.78, 5) is 28.4. The number of para-hydroxylation sites is 1. The smallest absolute Gasteiger partial charge is 0.249 e. The molecule has 1 atom stereocenters. The topological polar surface area (TPSA) is 76.0 Å². The number of hydrogen-bond donors (Lipinski definition) is 2. The summed E-state index contributed by atoms with van der Waals surface area (Å²) in [5.74, 6) is 0.269. The van der Waals surface area contributed by atoms with Crippen LogP contribution in [0.2, 0.25) is 0 Å². The van der Waals surface area contributed by atoms with Gasteiger partial charge >= 0.3 is 0 Å². The number of piperidine rings is 1. The molecular weight excluding hydrogens is 292 g/mol. The lowest BCUT2D eigenvalue weighted by Gasteiger charge is -2.23. The van der Waals surface area contributed by atoms with Crippen LogP contribution >= 0.6 is 0 Å². The minimum Gasteiger partial charge on any atom is -0.373 e. The normalized spacial score (nSPS) is 18.4. The Morgan fingerprint density at radius 2 is 2.00 bits per heavy atom. The zero-order valence-corrected chi connectivity index (χ0v) is 12.7. The molecule has 116 valence electrons. The molecule has 6 nitrogen and oxygen atoms in total. The summed E-state index contributed by atoms with van der Waals surface area (Å²) < 4.78 is 1.95. The van der Waals surface area contributed by atoms with Crippen LogP contribution in [0.25, 0.3) is 21.9 Å². The summed E-state index contributed by atoms with van der Waals surface area (Å²) in [6.07, 6.45) is 0.833. The average molecular weight is 308 g/mol. The van der Waals surface area contributed by atoms with E-state index in [2.05, 4.69) is 15.6 Å². The average Bonchev–Trinajstić information content (AvgIpc) is 2.89. The second-order valence-corrected chi connectivity index (χ2v) is 5.67. The molecule has 1 aromatic carbocycles. The van der Waals surface area contributed by atoms with E-state index >= 15 is 0 Å². The van der Waals surface area contributed by atoms with E-state index in [4.69, 9.17) is 0 Å². The molecule has 1 fully saturated rings. The highest BCUT2D eigenvalue weighted by Crippen LogP contribution is 2.33. The Hall–Kier alpha value is -2.89. The van der Waals surface area contributed by atoms with Crippen LogP contribution in [0.5, 0.6) is 0 Å². The monoisotopic (exact) mass is 308 g/mol. The van der Waals surface area contributed by atoms with Gasteiger partial charge in [0, 0.05) is 24.2 Å². The van der Waals surface area contributed by atoms with Gasteiger partial charge in [0.15, 0.2) is 0 Å². The quantitative estimate of drug-likeness (QED) is 0.712. The molecule has 1 unspecified atom stereocenters. The molecule has 3 aromatic rings. The largest absolute Gasteiger partial charge is 0.373 e. The number of hydrogen-bond acceptors (Lipinski definition) is 4. The molecule has 23 heavy (non-hydrogen) atoms. The van der Waals surface area contributed by atoms with E-state index in [1.165, 1.54) is 0 Å². The van der Waals surface area contributed by atoms with Gasteiger partial charge in [-0.15, -0.1) is 0 Å². The molecule has 0 spiro atoms. The summed E-state index contributed by atoms with van der Waals surface area (Å²) >= 11 is 0. The predicted octanol–water partition coefficient (Wildman–Crippen LogP) is 2.21. The highest BCUT2D eigenvalue weighted by Gasteiger charge is 2.30. The van der Waals surface area contributed by atoms with Crippen LogP contribution in [0.1, 0.15) is 18.9 Å². The third-order valence-electron chi connectivity index (χ3n) is 4.33. The van der Waals surface area contributed by atoms with Gasteiger partial charge in [-0.25, -0.2) is 4.98 Å². The number of benzene rings is 1. The Morgan fingerprint density at radius 1 is 1.17 bits per heavy atom. The van der Waals surface area contributed by atoms with Crippen LogP contribution in [-0.4, -0.2) is 28.4 Å². The minimum absolute atomic E-state index is 0.212. The number of nitrogens with zero attached hydrogens (tertiary/aromatic N) is 2. The maximum Gasteiger partial charge on any atom is 0.249 e. The second-order valence-electron chi connectivity index (χ2n) is 5.67. The van der Waals surface area contributed by atoms with Gasteiger partial charge in [0.1, 0.15) is 17.5 Å². The molecule has 1 aliphatic heterocycles. The maximum absolute atomic E-state index is 12.3. The van der Waals surface area contributed by atoms with Crippen molar-refractivity contribution in [1.29, 1.82) is 0 Å². The van der Waals surface area contributed by atoms with Gasteiger partial charge in [-0.1, -0.05) is 18.2 Å². The fourth-order valence-electron chi connectivity index (χ4n) is 3.25. The highest BCUT2D eigenvalue weighted by atomic mass is 16.2. The van der Waals surface area contributed by atoms with Crippen molar-refractivity contribution in [3.05, 3.63) is 36.4 Å². The molecule has 6 heteroatoms. The number of amides is 2. The van der Waals surface area contributed by atoms with E-state index in [9.17, 15) is 9.59 Å². The Kier molecular flexibility index (Phi) is 3.04. The molecule has 2 amide bonds. The van der Waals surface area contributed by atoms with Crippen molar-refractivity contribution in [2.45, 2.75) is 18.9 Å². The summed E-state index contributed by atoms with van der Waals surface area (Å²) in [5, 5.41) is 7.53. The van der Waals surface area contributed by atoms with Gasteiger partial charge in [0.25, 0.3) is 0 Å². The first-order valence-corrected chi connectivity index (χ1v) is 7.60. The van der Waals surface area contributed by atoms with Crippen molar-refractivity contribution < 1.29 is 9.59 Å². The maximum atomic E-state index is 12.3. The first-order chi connectivity index (χ1) is 11.2.